The highest BCUT2D eigenvalue weighted by atomic mass is 16.5. The van der Waals surface area contributed by atoms with Crippen molar-refractivity contribution in [3.8, 4) is 0 Å². The van der Waals surface area contributed by atoms with E-state index in [1.807, 2.05) is 7.05 Å². The first kappa shape index (κ1) is 16.9. The lowest BCUT2D eigenvalue weighted by atomic mass is 10.1. The summed E-state index contributed by atoms with van der Waals surface area (Å²) in [5, 5.41) is 8.66. The lowest BCUT2D eigenvalue weighted by Gasteiger charge is -2.28. The van der Waals surface area contributed by atoms with E-state index in [9.17, 15) is 0 Å². The monoisotopic (exact) mass is 245 g/mol. The van der Waals surface area contributed by atoms with Gasteiger partial charge in [-0.1, -0.05) is 52.4 Å². The van der Waals surface area contributed by atoms with Gasteiger partial charge in [0.25, 0.3) is 0 Å². The van der Waals surface area contributed by atoms with Gasteiger partial charge in [0, 0.05) is 13.1 Å². The van der Waals surface area contributed by atoms with Gasteiger partial charge >= 0.3 is 0 Å². The zero-order valence-corrected chi connectivity index (χ0v) is 12.0. The summed E-state index contributed by atoms with van der Waals surface area (Å²) in [4.78, 5) is 2.16. The van der Waals surface area contributed by atoms with Gasteiger partial charge in [-0.15, -0.1) is 0 Å². The smallest absolute Gasteiger partial charge is 0.0932 e. The van der Waals surface area contributed by atoms with Crippen LogP contribution in [0.4, 0.5) is 0 Å². The first-order valence-corrected chi connectivity index (χ1v) is 7.15. The van der Waals surface area contributed by atoms with Gasteiger partial charge < -0.3 is 14.7 Å². The zero-order valence-electron chi connectivity index (χ0n) is 12.0. The van der Waals surface area contributed by atoms with Gasteiger partial charge in [0.2, 0.25) is 0 Å². The van der Waals surface area contributed by atoms with Crippen molar-refractivity contribution in [2.75, 3.05) is 33.4 Å². The van der Waals surface area contributed by atoms with Crippen molar-refractivity contribution in [1.29, 1.82) is 0 Å². The number of aliphatic hydroxyl groups excluding tert-OH is 1. The van der Waals surface area contributed by atoms with E-state index < -0.39 is 0 Å². The van der Waals surface area contributed by atoms with Crippen molar-refractivity contribution in [3.63, 3.8) is 0 Å². The number of likely N-dealkylation sites (N-methyl/N-ethyl adjacent to an activating group) is 1. The Labute approximate surface area is 107 Å². The number of rotatable bonds is 6. The minimum Gasteiger partial charge on any atom is -0.394 e. The topological polar surface area (TPSA) is 32.7 Å². The maximum Gasteiger partial charge on any atom is 0.0932 e. The summed E-state index contributed by atoms with van der Waals surface area (Å²) in [6.45, 7) is 7.25. The van der Waals surface area contributed by atoms with Crippen molar-refractivity contribution in [1.82, 2.24) is 4.90 Å². The first-order chi connectivity index (χ1) is 8.24. The number of ether oxygens (including phenoxy) is 1. The van der Waals surface area contributed by atoms with Gasteiger partial charge in [0.1, 0.15) is 0 Å². The highest BCUT2D eigenvalue weighted by Crippen LogP contribution is 2.03. The van der Waals surface area contributed by atoms with E-state index in [2.05, 4.69) is 18.7 Å². The van der Waals surface area contributed by atoms with Crippen LogP contribution in [0, 0.1) is 0 Å². The second-order valence-electron chi connectivity index (χ2n) is 4.85. The van der Waals surface area contributed by atoms with Crippen molar-refractivity contribution < 1.29 is 9.84 Å². The fraction of sp³-hybridized carbons (Fsp3) is 1.00. The fourth-order valence-corrected chi connectivity index (χ4v) is 1.83. The average molecular weight is 245 g/mol. The Hall–Kier alpha value is -0.120. The van der Waals surface area contributed by atoms with Crippen molar-refractivity contribution in [3.05, 3.63) is 0 Å². The Morgan fingerprint density at radius 3 is 2.06 bits per heavy atom. The van der Waals surface area contributed by atoms with Crippen LogP contribution in [-0.2, 0) is 4.74 Å². The predicted molar refractivity (Wildman–Crippen MR) is 73.4 cm³/mol. The summed E-state index contributed by atoms with van der Waals surface area (Å²) in [7, 11) is 2.03. The minimum absolute atomic E-state index is 0.0451. The van der Waals surface area contributed by atoms with E-state index in [4.69, 9.17) is 9.84 Å². The molecule has 1 aliphatic heterocycles. The molecule has 3 heteroatoms. The Morgan fingerprint density at radius 2 is 1.71 bits per heavy atom. The molecule has 1 heterocycles. The third-order valence-electron chi connectivity index (χ3n) is 3.00. The lowest BCUT2D eigenvalue weighted by molar-refractivity contribution is -0.0453. The Morgan fingerprint density at radius 1 is 1.12 bits per heavy atom. The Bertz CT molecular complexity index is 147. The summed E-state index contributed by atoms with van der Waals surface area (Å²) in [5.41, 5.74) is 0. The number of morpholine rings is 1. The minimum atomic E-state index is 0.0451. The molecule has 1 rings (SSSR count). The standard InChI is InChI=1S/C8H18.C6H13NO2/c1-3-5-7-8-6-4-2;1-7-2-3-9-6(4-7)5-8/h3-8H2,1-2H3;6,8H,2-5H2,1H3. The molecule has 0 aromatic rings. The van der Waals surface area contributed by atoms with Crippen LogP contribution in [0.1, 0.15) is 52.4 Å². The van der Waals surface area contributed by atoms with Crippen LogP contribution in [0.3, 0.4) is 0 Å². The summed E-state index contributed by atoms with van der Waals surface area (Å²) in [5.74, 6) is 0. The molecular weight excluding hydrogens is 214 g/mol. The van der Waals surface area contributed by atoms with E-state index in [0.717, 1.165) is 19.7 Å². The van der Waals surface area contributed by atoms with Gasteiger partial charge in [-0.25, -0.2) is 0 Å². The molecule has 0 spiro atoms. The average Bonchev–Trinajstić information content (AvgIpc) is 2.35. The van der Waals surface area contributed by atoms with Crippen molar-refractivity contribution in [2.45, 2.75) is 58.5 Å². The number of hydrogen-bond acceptors (Lipinski definition) is 3. The van der Waals surface area contributed by atoms with Gasteiger partial charge in [0.05, 0.1) is 19.3 Å². The van der Waals surface area contributed by atoms with Crippen LogP contribution < -0.4 is 0 Å². The molecule has 0 bridgehead atoms. The second-order valence-corrected chi connectivity index (χ2v) is 4.85. The summed E-state index contributed by atoms with van der Waals surface area (Å²) in [6.07, 6.45) is 8.53. The van der Waals surface area contributed by atoms with Crippen LogP contribution in [-0.4, -0.2) is 49.5 Å². The maximum absolute atomic E-state index is 8.66. The molecule has 1 unspecified atom stereocenters. The summed E-state index contributed by atoms with van der Waals surface area (Å²) < 4.78 is 5.21. The van der Waals surface area contributed by atoms with E-state index >= 15 is 0 Å². The molecule has 0 aliphatic carbocycles. The van der Waals surface area contributed by atoms with Crippen molar-refractivity contribution >= 4 is 0 Å². The highest BCUT2D eigenvalue weighted by molar-refractivity contribution is 4.66. The molecule has 1 N–H and O–H groups in total. The van der Waals surface area contributed by atoms with Gasteiger partial charge in [-0.3, -0.25) is 0 Å². The fourth-order valence-electron chi connectivity index (χ4n) is 1.83. The molecule has 104 valence electrons. The largest absolute Gasteiger partial charge is 0.394 e. The molecule has 0 radical (unpaired) electrons. The molecule has 0 amide bonds. The number of unbranched alkanes of at least 4 members (excludes halogenated alkanes) is 5. The number of aliphatic hydroxyl groups is 1. The van der Waals surface area contributed by atoms with Crippen LogP contribution in [0.15, 0.2) is 0 Å². The molecule has 1 saturated heterocycles. The van der Waals surface area contributed by atoms with Crippen LogP contribution in [0.25, 0.3) is 0 Å². The van der Waals surface area contributed by atoms with E-state index in [0.29, 0.717) is 0 Å². The number of hydrogen-bond donors (Lipinski definition) is 1. The van der Waals surface area contributed by atoms with E-state index in [-0.39, 0.29) is 12.7 Å². The summed E-state index contributed by atoms with van der Waals surface area (Å²) in [6, 6.07) is 0. The normalized spacial score (nSPS) is 20.8. The molecule has 0 aromatic heterocycles. The van der Waals surface area contributed by atoms with Gasteiger partial charge in [-0.05, 0) is 7.05 Å². The van der Waals surface area contributed by atoms with Gasteiger partial charge in [0.15, 0.2) is 0 Å². The third kappa shape index (κ3) is 10.7. The lowest BCUT2D eigenvalue weighted by Crippen LogP contribution is -2.41. The Balaban J connectivity index is 0.000000304. The Kier molecular flexibility index (Phi) is 12.3. The van der Waals surface area contributed by atoms with Crippen LogP contribution >= 0.6 is 0 Å². The molecule has 1 aliphatic rings. The van der Waals surface area contributed by atoms with E-state index in [1.54, 1.807) is 0 Å². The predicted octanol–water partition coefficient (Wildman–Crippen LogP) is 2.68. The SMILES string of the molecule is CCCCCCCC.CN1CCOC(CO)C1. The van der Waals surface area contributed by atoms with Gasteiger partial charge in [-0.2, -0.15) is 0 Å². The quantitative estimate of drug-likeness (QED) is 0.730. The number of nitrogens with zero attached hydrogens (tertiary/aromatic N) is 1. The van der Waals surface area contributed by atoms with Crippen LogP contribution in [0.5, 0.6) is 0 Å². The highest BCUT2D eigenvalue weighted by Gasteiger charge is 2.15. The molecule has 1 fully saturated rings. The van der Waals surface area contributed by atoms with E-state index in [1.165, 1.54) is 38.5 Å². The zero-order chi connectivity index (χ0) is 12.9. The molecular formula is C14H31NO2. The maximum atomic E-state index is 8.66. The molecule has 0 saturated carbocycles. The summed E-state index contributed by atoms with van der Waals surface area (Å²) >= 11 is 0. The van der Waals surface area contributed by atoms with Crippen LogP contribution in [0.2, 0.25) is 0 Å². The molecule has 3 nitrogen and oxygen atoms in total. The molecule has 0 aromatic carbocycles. The third-order valence-corrected chi connectivity index (χ3v) is 3.00. The first-order valence-electron chi connectivity index (χ1n) is 7.15. The van der Waals surface area contributed by atoms with Crippen molar-refractivity contribution in [2.24, 2.45) is 0 Å². The molecule has 17 heavy (non-hydrogen) atoms. The molecule has 1 atom stereocenters. The second kappa shape index (κ2) is 12.3.